The van der Waals surface area contributed by atoms with Gasteiger partial charge in [-0.05, 0) is 31.5 Å². The van der Waals surface area contributed by atoms with Crippen molar-refractivity contribution in [1.29, 1.82) is 0 Å². The van der Waals surface area contributed by atoms with Crippen LogP contribution in [0.1, 0.15) is 16.1 Å². The Balaban J connectivity index is 1.76. The van der Waals surface area contributed by atoms with Crippen LogP contribution in [0.3, 0.4) is 0 Å². The van der Waals surface area contributed by atoms with Gasteiger partial charge < -0.3 is 0 Å². The van der Waals surface area contributed by atoms with E-state index in [9.17, 15) is 0 Å². The zero-order valence-electron chi connectivity index (χ0n) is 11.9. The van der Waals surface area contributed by atoms with E-state index in [1.165, 1.54) is 10.4 Å². The van der Waals surface area contributed by atoms with Crippen molar-refractivity contribution in [3.8, 4) is 0 Å². The van der Waals surface area contributed by atoms with E-state index in [-0.39, 0.29) is 0 Å². The Bertz CT molecular complexity index is 779. The third-order valence-electron chi connectivity index (χ3n) is 3.25. The highest BCUT2D eigenvalue weighted by Gasteiger charge is 2.10. The molecule has 3 rings (SSSR count). The highest BCUT2D eigenvalue weighted by molar-refractivity contribution is 7.18. The first-order valence-corrected chi connectivity index (χ1v) is 7.45. The molecule has 0 unspecified atom stereocenters. The zero-order chi connectivity index (χ0) is 14.7. The Hall–Kier alpha value is -2.34. The molecule has 0 fully saturated rings. The first-order valence-electron chi connectivity index (χ1n) is 6.64. The minimum Gasteiger partial charge on any atom is -0.261 e. The smallest absolute Gasteiger partial charge is 0.158 e. The van der Waals surface area contributed by atoms with Crippen molar-refractivity contribution < 1.29 is 0 Å². The molecule has 106 valence electrons. The molecule has 21 heavy (non-hydrogen) atoms. The lowest BCUT2D eigenvalue weighted by atomic mass is 10.2. The molecule has 0 bridgehead atoms. The van der Waals surface area contributed by atoms with E-state index in [1.54, 1.807) is 30.1 Å². The van der Waals surface area contributed by atoms with E-state index in [0.29, 0.717) is 6.42 Å². The molecule has 0 amide bonds. The summed E-state index contributed by atoms with van der Waals surface area (Å²) in [6.07, 6.45) is 5.82. The van der Waals surface area contributed by atoms with Gasteiger partial charge in [0.15, 0.2) is 5.82 Å². The fourth-order valence-corrected chi connectivity index (χ4v) is 3.03. The van der Waals surface area contributed by atoms with Crippen molar-refractivity contribution in [2.45, 2.75) is 20.3 Å². The maximum absolute atomic E-state index is 4.30. The minimum atomic E-state index is 0.684. The Morgan fingerprint density at radius 1 is 1.24 bits per heavy atom. The summed E-state index contributed by atoms with van der Waals surface area (Å²) in [6, 6.07) is 5.84. The maximum atomic E-state index is 4.30. The van der Waals surface area contributed by atoms with E-state index < -0.39 is 0 Å². The number of nitrogens with zero attached hydrogens (tertiary/aromatic N) is 4. The average Bonchev–Trinajstić information content (AvgIpc) is 2.80. The molecule has 5 nitrogen and oxygen atoms in total. The standard InChI is InChI=1S/C15H15N5S/c1-10-11(2)21-15-13(10)14(17-9-18-15)20-19-8-6-12-5-3-4-7-16-12/h3-5,7-9H,6H2,1-2H3,(H,17,18,20). The predicted molar refractivity (Wildman–Crippen MR) is 86.9 cm³/mol. The van der Waals surface area contributed by atoms with E-state index in [4.69, 9.17) is 0 Å². The summed E-state index contributed by atoms with van der Waals surface area (Å²) in [5.74, 6) is 0.749. The summed E-state index contributed by atoms with van der Waals surface area (Å²) in [4.78, 5) is 15.1. The van der Waals surface area contributed by atoms with Crippen LogP contribution in [0.4, 0.5) is 5.82 Å². The van der Waals surface area contributed by atoms with Crippen molar-refractivity contribution in [1.82, 2.24) is 15.0 Å². The molecule has 0 aromatic carbocycles. The molecule has 3 aromatic rings. The van der Waals surface area contributed by atoms with Gasteiger partial charge in [0.1, 0.15) is 11.2 Å². The number of nitrogens with one attached hydrogen (secondary N) is 1. The molecule has 0 saturated heterocycles. The van der Waals surface area contributed by atoms with Crippen molar-refractivity contribution in [2.75, 3.05) is 5.43 Å². The third kappa shape index (κ3) is 2.90. The van der Waals surface area contributed by atoms with E-state index in [0.717, 1.165) is 21.7 Å². The summed E-state index contributed by atoms with van der Waals surface area (Å²) in [5.41, 5.74) is 5.20. The van der Waals surface area contributed by atoms with Crippen molar-refractivity contribution in [3.05, 3.63) is 46.9 Å². The molecule has 0 spiro atoms. The summed E-state index contributed by atoms with van der Waals surface area (Å²) in [6.45, 7) is 4.18. The summed E-state index contributed by atoms with van der Waals surface area (Å²) >= 11 is 1.68. The van der Waals surface area contributed by atoms with Crippen LogP contribution in [0.2, 0.25) is 0 Å². The Morgan fingerprint density at radius 3 is 2.95 bits per heavy atom. The van der Waals surface area contributed by atoms with Crippen LogP contribution in [-0.4, -0.2) is 21.2 Å². The maximum Gasteiger partial charge on any atom is 0.158 e. The quantitative estimate of drug-likeness (QED) is 0.592. The second-order valence-corrected chi connectivity index (χ2v) is 5.84. The van der Waals surface area contributed by atoms with Gasteiger partial charge in [0.05, 0.1) is 5.39 Å². The number of hydrogen-bond acceptors (Lipinski definition) is 6. The molecular formula is C15H15N5S. The average molecular weight is 297 g/mol. The van der Waals surface area contributed by atoms with Crippen LogP contribution >= 0.6 is 11.3 Å². The number of pyridine rings is 1. The molecule has 0 radical (unpaired) electrons. The molecule has 0 saturated carbocycles. The number of aryl methyl sites for hydroxylation is 2. The van der Waals surface area contributed by atoms with E-state index >= 15 is 0 Å². The van der Waals surface area contributed by atoms with Gasteiger partial charge in [0.2, 0.25) is 0 Å². The van der Waals surface area contributed by atoms with Crippen LogP contribution in [-0.2, 0) is 6.42 Å². The molecule has 0 atom stereocenters. The monoisotopic (exact) mass is 297 g/mol. The van der Waals surface area contributed by atoms with Crippen molar-refractivity contribution in [3.63, 3.8) is 0 Å². The first kappa shape index (κ1) is 13.6. The summed E-state index contributed by atoms with van der Waals surface area (Å²) < 4.78 is 0. The number of rotatable bonds is 4. The van der Waals surface area contributed by atoms with E-state index in [2.05, 4.69) is 39.3 Å². The Labute approximate surface area is 126 Å². The third-order valence-corrected chi connectivity index (χ3v) is 4.37. The van der Waals surface area contributed by atoms with Gasteiger partial charge in [-0.25, -0.2) is 9.97 Å². The number of hydrazone groups is 1. The number of thiophene rings is 1. The number of fused-ring (bicyclic) bond motifs is 1. The fraction of sp³-hybridized carbons (Fsp3) is 0.200. The van der Waals surface area contributed by atoms with Crippen LogP contribution in [0.25, 0.3) is 10.2 Å². The molecule has 1 N–H and O–H groups in total. The SMILES string of the molecule is Cc1sc2ncnc(NN=CCc3ccccn3)c2c1C. The molecule has 0 aliphatic carbocycles. The summed E-state index contributed by atoms with van der Waals surface area (Å²) in [7, 11) is 0. The molecule has 6 heteroatoms. The minimum absolute atomic E-state index is 0.684. The largest absolute Gasteiger partial charge is 0.261 e. The zero-order valence-corrected chi connectivity index (χ0v) is 12.7. The van der Waals surface area contributed by atoms with Crippen molar-refractivity contribution in [2.24, 2.45) is 5.10 Å². The van der Waals surface area contributed by atoms with Crippen LogP contribution in [0.5, 0.6) is 0 Å². The topological polar surface area (TPSA) is 63.1 Å². The molecule has 0 aliphatic rings. The second-order valence-electron chi connectivity index (χ2n) is 4.63. The van der Waals surface area contributed by atoms with Crippen LogP contribution < -0.4 is 5.43 Å². The fourth-order valence-electron chi connectivity index (χ4n) is 2.03. The van der Waals surface area contributed by atoms with Gasteiger partial charge in [0, 0.05) is 29.4 Å². The van der Waals surface area contributed by atoms with Gasteiger partial charge in [-0.2, -0.15) is 5.10 Å². The first-order chi connectivity index (χ1) is 10.3. The Morgan fingerprint density at radius 2 is 2.14 bits per heavy atom. The van der Waals surface area contributed by atoms with E-state index in [1.807, 2.05) is 18.2 Å². The predicted octanol–water partition coefficient (Wildman–Crippen LogP) is 3.34. The van der Waals surface area contributed by atoms with Crippen LogP contribution in [0.15, 0.2) is 35.8 Å². The number of hydrogen-bond donors (Lipinski definition) is 1. The number of anilines is 1. The lowest BCUT2D eigenvalue weighted by molar-refractivity contribution is 1.14. The van der Waals surface area contributed by atoms with Crippen LogP contribution in [0, 0.1) is 13.8 Å². The van der Waals surface area contributed by atoms with Gasteiger partial charge in [0.25, 0.3) is 0 Å². The van der Waals surface area contributed by atoms with Gasteiger partial charge >= 0.3 is 0 Å². The van der Waals surface area contributed by atoms with Crippen molar-refractivity contribution >= 4 is 33.6 Å². The number of aromatic nitrogens is 3. The van der Waals surface area contributed by atoms with Gasteiger partial charge in [-0.15, -0.1) is 11.3 Å². The molecular weight excluding hydrogens is 282 g/mol. The Kier molecular flexibility index (Phi) is 3.87. The highest BCUT2D eigenvalue weighted by Crippen LogP contribution is 2.32. The highest BCUT2D eigenvalue weighted by atomic mass is 32.1. The molecule has 3 heterocycles. The van der Waals surface area contributed by atoms with Gasteiger partial charge in [-0.3, -0.25) is 10.4 Å². The molecule has 3 aromatic heterocycles. The summed E-state index contributed by atoms with van der Waals surface area (Å²) in [5, 5.41) is 5.29. The lowest BCUT2D eigenvalue weighted by Crippen LogP contribution is -1.97. The second kappa shape index (κ2) is 5.97. The van der Waals surface area contributed by atoms with Gasteiger partial charge in [-0.1, -0.05) is 6.07 Å². The molecule has 0 aliphatic heterocycles. The lowest BCUT2D eigenvalue weighted by Gasteiger charge is -2.01. The normalized spacial score (nSPS) is 11.3.